The summed E-state index contributed by atoms with van der Waals surface area (Å²) in [6.45, 7) is 0.252. The number of nitrogens with zero attached hydrogens (tertiary/aromatic N) is 3. The number of benzene rings is 2. The highest BCUT2D eigenvalue weighted by molar-refractivity contribution is 9.10. The van der Waals surface area contributed by atoms with Crippen LogP contribution >= 0.6 is 15.9 Å². The fourth-order valence-corrected chi connectivity index (χ4v) is 6.28. The predicted molar refractivity (Wildman–Crippen MR) is 126 cm³/mol. The van der Waals surface area contributed by atoms with Gasteiger partial charge in [-0.3, -0.25) is 19.7 Å². The van der Waals surface area contributed by atoms with Crippen LogP contribution in [-0.2, 0) is 16.2 Å². The van der Waals surface area contributed by atoms with Crippen molar-refractivity contribution < 1.29 is 19.2 Å². The Morgan fingerprint density at radius 1 is 1.06 bits per heavy atom. The first-order valence-electron chi connectivity index (χ1n) is 11.2. The zero-order valence-electron chi connectivity index (χ0n) is 17.9. The third-order valence-electron chi connectivity index (χ3n) is 7.46. The Hall–Kier alpha value is -3.33. The second-order valence-corrected chi connectivity index (χ2v) is 10.1. The van der Waals surface area contributed by atoms with Gasteiger partial charge in [0.15, 0.2) is 0 Å². The number of imide groups is 1. The number of amides is 2. The molecule has 1 aliphatic heterocycles. The Kier molecular flexibility index (Phi) is 4.91. The minimum absolute atomic E-state index is 0.0310. The lowest BCUT2D eigenvalue weighted by atomic mass is 9.63. The predicted octanol–water partition coefficient (Wildman–Crippen LogP) is 4.32. The molecule has 0 spiro atoms. The number of allylic oxidation sites excluding steroid dienone is 2. The lowest BCUT2D eigenvalue weighted by molar-refractivity contribution is -0.384. The van der Waals surface area contributed by atoms with Crippen molar-refractivity contribution in [2.45, 2.75) is 13.0 Å². The Labute approximate surface area is 203 Å². The van der Waals surface area contributed by atoms with E-state index in [2.05, 4.69) is 33.2 Å². The molecule has 2 amide bonds. The Balaban J connectivity index is 1.12. The van der Waals surface area contributed by atoms with Crippen molar-refractivity contribution in [2.75, 3.05) is 0 Å². The van der Waals surface area contributed by atoms with Gasteiger partial charge in [-0.25, -0.2) is 0 Å². The number of hydrogen-bond acceptors (Lipinski definition) is 6. The van der Waals surface area contributed by atoms with Crippen molar-refractivity contribution in [3.63, 3.8) is 0 Å². The minimum atomic E-state index is -0.442. The Morgan fingerprint density at radius 2 is 1.71 bits per heavy atom. The third kappa shape index (κ3) is 3.37. The van der Waals surface area contributed by atoms with Crippen LogP contribution in [0.15, 0.2) is 64.2 Å². The molecule has 2 saturated carbocycles. The maximum absolute atomic E-state index is 13.0. The Bertz CT molecular complexity index is 1240. The van der Waals surface area contributed by atoms with E-state index in [9.17, 15) is 19.7 Å². The molecule has 0 N–H and O–H groups in total. The molecule has 0 radical (unpaired) electrons. The first-order chi connectivity index (χ1) is 16.4. The summed E-state index contributed by atoms with van der Waals surface area (Å²) in [5.74, 6) is 1.19. The molecule has 8 nitrogen and oxygen atoms in total. The number of hydrogen-bond donors (Lipinski definition) is 0. The van der Waals surface area contributed by atoms with E-state index in [-0.39, 0.29) is 47.8 Å². The fraction of sp³-hybridized carbons (Fsp3) is 0.320. The summed E-state index contributed by atoms with van der Waals surface area (Å²) in [5.41, 5.74) is 1.55. The fourth-order valence-electron chi connectivity index (χ4n) is 5.77. The van der Waals surface area contributed by atoms with E-state index < -0.39 is 4.92 Å². The molecular formula is C25H20BrN3O5. The monoisotopic (exact) mass is 521 g/mol. The summed E-state index contributed by atoms with van der Waals surface area (Å²) in [5, 5.41) is 16.1. The standard InChI is InChI=1S/C25H20BrN3O5/c26-20-9-14(3-8-21(20)34-12-13-1-4-15(5-2-13)29(32)33)11-27-28-24(30)22-16-6-7-17(19-10-18(16)19)23(22)25(28)31/h1-9,11,16-19,22-23H,10,12H2/b27-11-/t16-,17-,18-,19-,22-,23+/m0/s1. The van der Waals surface area contributed by atoms with Gasteiger partial charge in [-0.05, 0) is 87.5 Å². The molecule has 172 valence electrons. The van der Waals surface area contributed by atoms with E-state index in [1.165, 1.54) is 18.3 Å². The van der Waals surface area contributed by atoms with Crippen molar-refractivity contribution in [3.8, 4) is 5.75 Å². The van der Waals surface area contributed by atoms with Crippen LogP contribution in [0.3, 0.4) is 0 Å². The van der Waals surface area contributed by atoms with E-state index in [1.807, 2.05) is 0 Å². The molecule has 2 bridgehead atoms. The van der Waals surface area contributed by atoms with Crippen molar-refractivity contribution in [1.82, 2.24) is 5.01 Å². The average molecular weight is 522 g/mol. The number of ether oxygens (including phenoxy) is 1. The van der Waals surface area contributed by atoms with Crippen LogP contribution in [0.25, 0.3) is 0 Å². The van der Waals surface area contributed by atoms with Gasteiger partial charge in [-0.2, -0.15) is 10.1 Å². The highest BCUT2D eigenvalue weighted by Crippen LogP contribution is 2.65. The minimum Gasteiger partial charge on any atom is -0.488 e. The molecular weight excluding hydrogens is 502 g/mol. The quantitative estimate of drug-likeness (QED) is 0.185. The van der Waals surface area contributed by atoms with E-state index in [0.29, 0.717) is 27.6 Å². The highest BCUT2D eigenvalue weighted by Gasteiger charge is 2.67. The van der Waals surface area contributed by atoms with Gasteiger partial charge in [-0.15, -0.1) is 0 Å². The van der Waals surface area contributed by atoms with Crippen molar-refractivity contribution in [2.24, 2.45) is 40.6 Å². The second-order valence-electron chi connectivity index (χ2n) is 9.29. The normalized spacial score (nSPS) is 30.6. The third-order valence-corrected chi connectivity index (χ3v) is 8.08. The summed E-state index contributed by atoms with van der Waals surface area (Å²) in [7, 11) is 0. The molecule has 0 unspecified atom stereocenters. The van der Waals surface area contributed by atoms with Crippen LogP contribution < -0.4 is 4.74 Å². The average Bonchev–Trinajstić information content (AvgIpc) is 3.62. The van der Waals surface area contributed by atoms with Crippen LogP contribution in [0.2, 0.25) is 0 Å². The van der Waals surface area contributed by atoms with Gasteiger partial charge in [0.1, 0.15) is 12.4 Å². The van der Waals surface area contributed by atoms with Gasteiger partial charge in [-0.1, -0.05) is 12.2 Å². The van der Waals surface area contributed by atoms with E-state index >= 15 is 0 Å². The number of hydrazone groups is 1. The highest BCUT2D eigenvalue weighted by atomic mass is 79.9. The van der Waals surface area contributed by atoms with Crippen LogP contribution in [0.4, 0.5) is 5.69 Å². The molecule has 2 aromatic rings. The second kappa shape index (κ2) is 7.87. The molecule has 5 aliphatic rings. The zero-order valence-corrected chi connectivity index (χ0v) is 19.5. The van der Waals surface area contributed by atoms with E-state index in [1.54, 1.807) is 30.3 Å². The smallest absolute Gasteiger partial charge is 0.269 e. The van der Waals surface area contributed by atoms with Crippen LogP contribution in [0.5, 0.6) is 5.75 Å². The number of nitro benzene ring substituents is 1. The molecule has 7 rings (SSSR count). The summed E-state index contributed by atoms with van der Waals surface area (Å²) in [6, 6.07) is 11.5. The summed E-state index contributed by atoms with van der Waals surface area (Å²) in [4.78, 5) is 36.4. The molecule has 4 aliphatic carbocycles. The topological polar surface area (TPSA) is 102 Å². The van der Waals surface area contributed by atoms with Gasteiger partial charge in [0, 0.05) is 12.1 Å². The van der Waals surface area contributed by atoms with Crippen LogP contribution in [0, 0.1) is 45.6 Å². The molecule has 34 heavy (non-hydrogen) atoms. The summed E-state index contributed by atoms with van der Waals surface area (Å²) < 4.78 is 6.50. The van der Waals surface area contributed by atoms with Crippen molar-refractivity contribution >= 4 is 39.6 Å². The van der Waals surface area contributed by atoms with E-state index in [4.69, 9.17) is 4.74 Å². The number of rotatable bonds is 6. The molecule has 0 aromatic heterocycles. The molecule has 1 saturated heterocycles. The molecule has 6 atom stereocenters. The first-order valence-corrected chi connectivity index (χ1v) is 12.0. The number of carbonyl (C=O) groups is 2. The SMILES string of the molecule is O=C1[C@@H]2[C@H]3C=C[C@@H]([C@@H]4C[C@@H]34)[C@@H]2C(=O)N1/N=C\c1ccc(OCc2ccc([N+](=O)[O-])cc2)c(Br)c1. The van der Waals surface area contributed by atoms with Gasteiger partial charge in [0.25, 0.3) is 17.5 Å². The maximum atomic E-state index is 13.0. The largest absolute Gasteiger partial charge is 0.488 e. The summed E-state index contributed by atoms with van der Waals surface area (Å²) in [6.07, 6.45) is 6.94. The first kappa shape index (κ1) is 21.2. The molecule has 2 aromatic carbocycles. The van der Waals surface area contributed by atoms with Gasteiger partial charge >= 0.3 is 0 Å². The van der Waals surface area contributed by atoms with E-state index in [0.717, 1.165) is 17.0 Å². The summed E-state index contributed by atoms with van der Waals surface area (Å²) >= 11 is 3.48. The van der Waals surface area contributed by atoms with Gasteiger partial charge in [0.2, 0.25) is 0 Å². The number of nitro groups is 1. The van der Waals surface area contributed by atoms with Crippen LogP contribution in [0.1, 0.15) is 17.5 Å². The van der Waals surface area contributed by atoms with Crippen LogP contribution in [-0.4, -0.2) is 28.0 Å². The zero-order chi connectivity index (χ0) is 23.6. The van der Waals surface area contributed by atoms with Gasteiger partial charge in [0.05, 0.1) is 27.4 Å². The number of halogens is 1. The molecule has 3 fully saturated rings. The van der Waals surface area contributed by atoms with Gasteiger partial charge < -0.3 is 4.74 Å². The Morgan fingerprint density at radius 3 is 2.29 bits per heavy atom. The lowest BCUT2D eigenvalue weighted by Crippen LogP contribution is -2.40. The lowest BCUT2D eigenvalue weighted by Gasteiger charge is -2.37. The molecule has 9 heteroatoms. The number of carbonyl (C=O) groups excluding carboxylic acids is 2. The molecule has 1 heterocycles. The maximum Gasteiger partial charge on any atom is 0.269 e. The van der Waals surface area contributed by atoms with Crippen molar-refractivity contribution in [1.29, 1.82) is 0 Å². The number of non-ortho nitro benzene ring substituents is 1. The van der Waals surface area contributed by atoms with Crippen molar-refractivity contribution in [3.05, 3.63) is 80.3 Å².